The first-order valence-electron chi connectivity index (χ1n) is 5.01. The Labute approximate surface area is 102 Å². The van der Waals surface area contributed by atoms with Crippen LogP contribution in [0.2, 0.25) is 0 Å². The van der Waals surface area contributed by atoms with E-state index in [2.05, 4.69) is 4.74 Å². The lowest BCUT2D eigenvalue weighted by molar-refractivity contribution is -0.179. The molecule has 0 bridgehead atoms. The van der Waals surface area contributed by atoms with Gasteiger partial charge >= 0.3 is 6.18 Å². The van der Waals surface area contributed by atoms with Crippen molar-refractivity contribution in [1.82, 2.24) is 4.90 Å². The van der Waals surface area contributed by atoms with Crippen LogP contribution in [-0.4, -0.2) is 61.9 Å². The van der Waals surface area contributed by atoms with E-state index in [1.54, 1.807) is 0 Å². The quantitative estimate of drug-likeness (QED) is 0.720. The predicted octanol–water partition coefficient (Wildman–Crippen LogP) is 1.03. The number of nitrogens with zero attached hydrogens (tertiary/aromatic N) is 1. The molecule has 1 saturated heterocycles. The molecule has 1 fully saturated rings. The van der Waals surface area contributed by atoms with E-state index in [-0.39, 0.29) is 11.9 Å². The maximum atomic E-state index is 11.8. The number of morpholine rings is 1. The zero-order chi connectivity index (χ0) is 12.9. The minimum atomic E-state index is -4.42. The van der Waals surface area contributed by atoms with Gasteiger partial charge in [0.2, 0.25) is 5.91 Å². The van der Waals surface area contributed by atoms with Crippen molar-refractivity contribution in [3.8, 4) is 0 Å². The van der Waals surface area contributed by atoms with E-state index < -0.39 is 25.3 Å². The Kier molecular flexibility index (Phi) is 5.48. The van der Waals surface area contributed by atoms with Crippen LogP contribution in [0, 0.1) is 0 Å². The van der Waals surface area contributed by atoms with E-state index in [1.165, 1.54) is 4.90 Å². The molecular weight excluding hydrogens is 263 g/mol. The minimum absolute atomic E-state index is 0.186. The van der Waals surface area contributed by atoms with Crippen molar-refractivity contribution in [3.05, 3.63) is 0 Å². The molecule has 17 heavy (non-hydrogen) atoms. The van der Waals surface area contributed by atoms with Crippen LogP contribution in [0.5, 0.6) is 0 Å². The number of carbonyl (C=O) groups excluding carboxylic acids is 1. The third kappa shape index (κ3) is 5.10. The molecule has 0 aromatic carbocycles. The molecule has 0 aromatic rings. The van der Waals surface area contributed by atoms with Crippen LogP contribution in [0.1, 0.15) is 0 Å². The van der Waals surface area contributed by atoms with Gasteiger partial charge in [0.05, 0.1) is 19.3 Å². The highest BCUT2D eigenvalue weighted by atomic mass is 35.5. The smallest absolute Gasteiger partial charge is 0.377 e. The fourth-order valence-electron chi connectivity index (χ4n) is 1.45. The predicted molar refractivity (Wildman–Crippen MR) is 53.9 cm³/mol. The van der Waals surface area contributed by atoms with Gasteiger partial charge in [0.1, 0.15) is 13.2 Å². The summed E-state index contributed by atoms with van der Waals surface area (Å²) in [6.45, 7) is -1.03. The monoisotopic (exact) mass is 275 g/mol. The van der Waals surface area contributed by atoms with Gasteiger partial charge in [-0.1, -0.05) is 0 Å². The third-order valence-electron chi connectivity index (χ3n) is 2.22. The lowest BCUT2D eigenvalue weighted by atomic mass is 10.2. The van der Waals surface area contributed by atoms with Gasteiger partial charge in [0, 0.05) is 12.4 Å². The van der Waals surface area contributed by atoms with Crippen LogP contribution in [0.4, 0.5) is 13.2 Å². The van der Waals surface area contributed by atoms with Crippen molar-refractivity contribution in [3.63, 3.8) is 0 Å². The number of amides is 1. The SMILES string of the molecule is O=C(COCC(F)(F)F)N1CCOCC1CCl. The zero-order valence-electron chi connectivity index (χ0n) is 9.00. The Hall–Kier alpha value is -0.530. The lowest BCUT2D eigenvalue weighted by Gasteiger charge is -2.34. The van der Waals surface area contributed by atoms with E-state index in [0.29, 0.717) is 19.8 Å². The van der Waals surface area contributed by atoms with Crippen LogP contribution in [0.15, 0.2) is 0 Å². The van der Waals surface area contributed by atoms with Gasteiger partial charge in [0.25, 0.3) is 0 Å². The Bertz CT molecular complexity index is 262. The Morgan fingerprint density at radius 1 is 1.53 bits per heavy atom. The molecule has 1 rings (SSSR count). The average Bonchev–Trinajstić information content (AvgIpc) is 2.27. The van der Waals surface area contributed by atoms with Gasteiger partial charge in [-0.25, -0.2) is 0 Å². The van der Waals surface area contributed by atoms with Crippen molar-refractivity contribution >= 4 is 17.5 Å². The number of alkyl halides is 4. The second-order valence-electron chi connectivity index (χ2n) is 3.58. The lowest BCUT2D eigenvalue weighted by Crippen LogP contribution is -2.51. The number of halogens is 4. The minimum Gasteiger partial charge on any atom is -0.377 e. The first kappa shape index (κ1) is 14.5. The van der Waals surface area contributed by atoms with Gasteiger partial charge in [-0.05, 0) is 0 Å². The highest BCUT2D eigenvalue weighted by Gasteiger charge is 2.30. The van der Waals surface area contributed by atoms with Crippen molar-refractivity contribution in [1.29, 1.82) is 0 Å². The number of rotatable bonds is 4. The van der Waals surface area contributed by atoms with Crippen LogP contribution >= 0.6 is 11.6 Å². The van der Waals surface area contributed by atoms with Crippen LogP contribution in [0.3, 0.4) is 0 Å². The van der Waals surface area contributed by atoms with E-state index in [0.717, 1.165) is 0 Å². The molecule has 8 heteroatoms. The summed E-state index contributed by atoms with van der Waals surface area (Å²) in [5.74, 6) is -0.312. The summed E-state index contributed by atoms with van der Waals surface area (Å²) in [4.78, 5) is 13.0. The number of carbonyl (C=O) groups is 1. The fraction of sp³-hybridized carbons (Fsp3) is 0.889. The van der Waals surface area contributed by atoms with E-state index in [1.807, 2.05) is 0 Å². The molecule has 0 spiro atoms. The van der Waals surface area contributed by atoms with Gasteiger partial charge in [-0.3, -0.25) is 4.79 Å². The molecule has 0 aliphatic carbocycles. The first-order chi connectivity index (χ1) is 7.94. The Balaban J connectivity index is 2.35. The molecule has 1 heterocycles. The third-order valence-corrected chi connectivity index (χ3v) is 2.57. The van der Waals surface area contributed by atoms with Crippen molar-refractivity contribution in [2.45, 2.75) is 12.2 Å². The number of hydrogen-bond donors (Lipinski definition) is 0. The van der Waals surface area contributed by atoms with E-state index in [4.69, 9.17) is 16.3 Å². The van der Waals surface area contributed by atoms with E-state index >= 15 is 0 Å². The van der Waals surface area contributed by atoms with Gasteiger partial charge < -0.3 is 14.4 Å². The first-order valence-corrected chi connectivity index (χ1v) is 5.55. The molecule has 4 nitrogen and oxygen atoms in total. The zero-order valence-corrected chi connectivity index (χ0v) is 9.76. The summed E-state index contributed by atoms with van der Waals surface area (Å²) in [5.41, 5.74) is 0. The molecule has 0 radical (unpaired) electrons. The fourth-order valence-corrected chi connectivity index (χ4v) is 1.70. The largest absolute Gasteiger partial charge is 0.411 e. The molecule has 0 N–H and O–H groups in total. The van der Waals surface area contributed by atoms with Crippen molar-refractivity contribution in [2.24, 2.45) is 0 Å². The molecule has 0 aromatic heterocycles. The molecule has 100 valence electrons. The topological polar surface area (TPSA) is 38.8 Å². The highest BCUT2D eigenvalue weighted by Crippen LogP contribution is 2.15. The molecule has 1 aliphatic heterocycles. The molecular formula is C9H13ClF3NO3. The average molecular weight is 276 g/mol. The second kappa shape index (κ2) is 6.42. The standard InChI is InChI=1S/C9H13ClF3NO3/c10-3-7-4-16-2-1-14(7)8(15)5-17-6-9(11,12)13/h7H,1-6H2. The van der Waals surface area contributed by atoms with Gasteiger partial charge in [0.15, 0.2) is 0 Å². The van der Waals surface area contributed by atoms with Crippen molar-refractivity contribution in [2.75, 3.05) is 38.9 Å². The molecule has 0 saturated carbocycles. The van der Waals surface area contributed by atoms with Gasteiger partial charge in [-0.2, -0.15) is 13.2 Å². The van der Waals surface area contributed by atoms with Crippen LogP contribution in [0.25, 0.3) is 0 Å². The normalized spacial score (nSPS) is 21.6. The summed E-state index contributed by atoms with van der Waals surface area (Å²) in [6.07, 6.45) is -4.42. The summed E-state index contributed by atoms with van der Waals surface area (Å²) in [7, 11) is 0. The summed E-state index contributed by atoms with van der Waals surface area (Å²) < 4.78 is 44.8. The van der Waals surface area contributed by atoms with Crippen LogP contribution in [-0.2, 0) is 14.3 Å². The van der Waals surface area contributed by atoms with Crippen LogP contribution < -0.4 is 0 Å². The Morgan fingerprint density at radius 3 is 2.82 bits per heavy atom. The van der Waals surface area contributed by atoms with Gasteiger partial charge in [-0.15, -0.1) is 11.6 Å². The summed E-state index contributed by atoms with van der Waals surface area (Å²) in [6, 6.07) is -0.299. The number of hydrogen-bond acceptors (Lipinski definition) is 3. The maximum absolute atomic E-state index is 11.8. The second-order valence-corrected chi connectivity index (χ2v) is 3.89. The molecule has 1 atom stereocenters. The van der Waals surface area contributed by atoms with E-state index in [9.17, 15) is 18.0 Å². The molecule has 1 unspecified atom stereocenters. The molecule has 1 amide bonds. The maximum Gasteiger partial charge on any atom is 0.411 e. The molecule has 1 aliphatic rings. The number of ether oxygens (including phenoxy) is 2. The Morgan fingerprint density at radius 2 is 2.24 bits per heavy atom. The van der Waals surface area contributed by atoms with Crippen molar-refractivity contribution < 1.29 is 27.4 Å². The summed E-state index contributed by atoms with van der Waals surface area (Å²) >= 11 is 5.63. The summed E-state index contributed by atoms with van der Waals surface area (Å²) in [5, 5.41) is 0. The highest BCUT2D eigenvalue weighted by molar-refractivity contribution is 6.18.